The Balaban J connectivity index is 1.68. The lowest BCUT2D eigenvalue weighted by atomic mass is 9.84. The fourth-order valence-electron chi connectivity index (χ4n) is 4.51. The molecule has 0 radical (unpaired) electrons. The lowest BCUT2D eigenvalue weighted by Gasteiger charge is -2.46. The van der Waals surface area contributed by atoms with Crippen LogP contribution in [0.5, 0.6) is 11.5 Å². The Hall–Kier alpha value is -4.01. The Kier molecular flexibility index (Phi) is 8.66. The number of aromatic hydroxyl groups is 1. The van der Waals surface area contributed by atoms with E-state index in [1.807, 2.05) is 13.8 Å². The highest BCUT2D eigenvalue weighted by Crippen LogP contribution is 2.36. The number of aliphatic hydroxyl groups is 4. The highest BCUT2D eigenvalue weighted by molar-refractivity contribution is 5.90. The first-order valence-corrected chi connectivity index (χ1v) is 12.6. The van der Waals surface area contributed by atoms with Crippen molar-refractivity contribution in [2.75, 3.05) is 13.2 Å². The molecule has 4 rings (SSSR count). The fraction of sp³-hybridized carbons (Fsp3) is 0.393. The summed E-state index contributed by atoms with van der Waals surface area (Å²) in [4.78, 5) is 35.8. The van der Waals surface area contributed by atoms with Gasteiger partial charge in [0, 0.05) is 6.07 Å². The second kappa shape index (κ2) is 11.8. The molecule has 1 aromatic heterocycles. The predicted octanol–water partition coefficient (Wildman–Crippen LogP) is 0.856. The number of hydrogen-bond acceptors (Lipinski definition) is 12. The molecule has 0 bridgehead atoms. The molecule has 0 saturated carbocycles. The second-order valence-corrected chi connectivity index (χ2v) is 10.0. The van der Waals surface area contributed by atoms with Gasteiger partial charge in [-0.1, -0.05) is 26.0 Å². The molecule has 0 unspecified atom stereocenters. The number of fused-ring (bicyclic) bond motifs is 1. The largest absolute Gasteiger partial charge is 0.508 e. The van der Waals surface area contributed by atoms with Gasteiger partial charge in [0.25, 0.3) is 0 Å². The minimum absolute atomic E-state index is 0.0382. The number of benzene rings is 2. The van der Waals surface area contributed by atoms with Crippen molar-refractivity contribution in [2.45, 2.75) is 56.4 Å². The summed E-state index contributed by atoms with van der Waals surface area (Å²) in [5.74, 6) is -2.68. The van der Waals surface area contributed by atoms with Crippen LogP contribution >= 0.6 is 0 Å². The van der Waals surface area contributed by atoms with Gasteiger partial charge in [0.2, 0.25) is 11.7 Å². The van der Waals surface area contributed by atoms with E-state index in [1.165, 1.54) is 24.5 Å². The number of aliphatic hydroxyl groups excluding tert-OH is 3. The van der Waals surface area contributed by atoms with Crippen molar-refractivity contribution >= 4 is 22.9 Å². The van der Waals surface area contributed by atoms with Crippen molar-refractivity contribution < 1.29 is 58.9 Å². The standard InChI is InChI=1S/C28H30O13/c1-13(2)16-7-17-19(38-10-18(24(17)34)14-3-5-15(30)6-4-14)8-20(16)40-27-26(36)28(37,12-29)25(35)21(41-27)11-39-23(33)9-22(31)32/h3-8,10,13,21,25-27,29-30,35-37H,9,11-12H2,1-2H3,(H,31,32)/t21-,25-,26+,27-,28+/m0/s1. The van der Waals surface area contributed by atoms with Gasteiger partial charge in [-0.05, 0) is 35.2 Å². The number of carbonyl (C=O) groups is 2. The molecular weight excluding hydrogens is 544 g/mol. The summed E-state index contributed by atoms with van der Waals surface area (Å²) in [7, 11) is 0. The van der Waals surface area contributed by atoms with Crippen molar-refractivity contribution in [1.29, 1.82) is 0 Å². The van der Waals surface area contributed by atoms with E-state index >= 15 is 0 Å². The number of rotatable bonds is 9. The van der Waals surface area contributed by atoms with Crippen LogP contribution in [0.4, 0.5) is 0 Å². The third-order valence-corrected chi connectivity index (χ3v) is 6.85. The Bertz CT molecular complexity index is 1480. The first-order chi connectivity index (χ1) is 19.3. The van der Waals surface area contributed by atoms with Crippen LogP contribution in [-0.2, 0) is 19.1 Å². The second-order valence-electron chi connectivity index (χ2n) is 10.0. The van der Waals surface area contributed by atoms with Crippen LogP contribution in [0.3, 0.4) is 0 Å². The predicted molar refractivity (Wildman–Crippen MR) is 140 cm³/mol. The highest BCUT2D eigenvalue weighted by atomic mass is 16.7. The lowest BCUT2D eigenvalue weighted by Crippen LogP contribution is -2.69. The molecule has 0 amide bonds. The summed E-state index contributed by atoms with van der Waals surface area (Å²) < 4.78 is 22.0. The topological polar surface area (TPSA) is 213 Å². The zero-order valence-corrected chi connectivity index (χ0v) is 22.1. The third-order valence-electron chi connectivity index (χ3n) is 6.85. The first-order valence-electron chi connectivity index (χ1n) is 12.6. The zero-order valence-electron chi connectivity index (χ0n) is 22.1. The van der Waals surface area contributed by atoms with Gasteiger partial charge in [-0.15, -0.1) is 0 Å². The Morgan fingerprint density at radius 3 is 2.39 bits per heavy atom. The minimum Gasteiger partial charge on any atom is -0.508 e. The van der Waals surface area contributed by atoms with E-state index in [4.69, 9.17) is 23.7 Å². The van der Waals surface area contributed by atoms with Crippen molar-refractivity contribution in [3.8, 4) is 22.6 Å². The molecule has 2 heterocycles. The average Bonchev–Trinajstić information content (AvgIpc) is 2.92. The van der Waals surface area contributed by atoms with Crippen LogP contribution in [0.25, 0.3) is 22.1 Å². The van der Waals surface area contributed by atoms with Crippen molar-refractivity contribution in [3.05, 3.63) is 58.4 Å². The highest BCUT2D eigenvalue weighted by Gasteiger charge is 2.56. The molecule has 5 atom stereocenters. The van der Waals surface area contributed by atoms with Gasteiger partial charge in [-0.3, -0.25) is 14.4 Å². The number of aliphatic carboxylic acids is 1. The Morgan fingerprint density at radius 2 is 1.78 bits per heavy atom. The summed E-state index contributed by atoms with van der Waals surface area (Å²) in [6, 6.07) is 8.97. The molecule has 220 valence electrons. The quantitative estimate of drug-likeness (QED) is 0.155. The Labute approximate surface area is 232 Å². The van der Waals surface area contributed by atoms with E-state index in [-0.39, 0.29) is 39.4 Å². The number of carbonyl (C=O) groups excluding carboxylic acids is 1. The van der Waals surface area contributed by atoms with Gasteiger partial charge in [0.05, 0.1) is 17.6 Å². The van der Waals surface area contributed by atoms with E-state index in [9.17, 15) is 39.9 Å². The fourth-order valence-corrected chi connectivity index (χ4v) is 4.51. The van der Waals surface area contributed by atoms with Gasteiger partial charge in [0.1, 0.15) is 60.3 Å². The van der Waals surface area contributed by atoms with E-state index < -0.39 is 61.8 Å². The normalized spacial score (nSPS) is 24.4. The van der Waals surface area contributed by atoms with Gasteiger partial charge in [-0.25, -0.2) is 0 Å². The molecule has 0 spiro atoms. The van der Waals surface area contributed by atoms with E-state index in [1.54, 1.807) is 18.2 Å². The maximum absolute atomic E-state index is 13.3. The van der Waals surface area contributed by atoms with Crippen molar-refractivity contribution in [2.24, 2.45) is 0 Å². The zero-order chi connectivity index (χ0) is 30.1. The summed E-state index contributed by atoms with van der Waals surface area (Å²) in [6.07, 6.45) is -6.87. The van der Waals surface area contributed by atoms with Gasteiger partial charge in [-0.2, -0.15) is 0 Å². The SMILES string of the molecule is CC(C)c1cc2c(=O)c(-c3ccc(O)cc3)coc2cc1O[C@H]1O[C@@H](COC(=O)CC(=O)O)[C@H](O)[C@](O)(CO)[C@@H]1O. The first kappa shape index (κ1) is 30.0. The minimum atomic E-state index is -2.56. The summed E-state index contributed by atoms with van der Waals surface area (Å²) in [6.45, 7) is 1.79. The number of carboxylic acids is 1. The number of esters is 1. The van der Waals surface area contributed by atoms with Crippen LogP contribution in [-0.4, -0.2) is 86.0 Å². The smallest absolute Gasteiger partial charge is 0.317 e. The maximum Gasteiger partial charge on any atom is 0.317 e. The number of phenolic OH excluding ortho intramolecular Hbond substituents is 1. The molecule has 13 heteroatoms. The van der Waals surface area contributed by atoms with Crippen LogP contribution in [0, 0.1) is 0 Å². The van der Waals surface area contributed by atoms with E-state index in [0.29, 0.717) is 11.1 Å². The molecular formula is C28H30O13. The summed E-state index contributed by atoms with van der Waals surface area (Å²) in [5.41, 5.74) is -1.51. The number of ether oxygens (including phenoxy) is 3. The third kappa shape index (κ3) is 6.04. The molecule has 1 fully saturated rings. The molecule has 6 N–H and O–H groups in total. The number of phenols is 1. The Morgan fingerprint density at radius 1 is 1.10 bits per heavy atom. The van der Waals surface area contributed by atoms with Gasteiger partial charge < -0.3 is 49.3 Å². The molecule has 13 nitrogen and oxygen atoms in total. The molecule has 3 aromatic rings. The number of carboxylic acid groups (broad SMARTS) is 1. The van der Waals surface area contributed by atoms with Crippen LogP contribution < -0.4 is 10.2 Å². The molecule has 0 aliphatic carbocycles. The van der Waals surface area contributed by atoms with Crippen molar-refractivity contribution in [3.63, 3.8) is 0 Å². The molecule has 1 saturated heterocycles. The lowest BCUT2D eigenvalue weighted by molar-refractivity contribution is -0.320. The van der Waals surface area contributed by atoms with Crippen molar-refractivity contribution in [1.82, 2.24) is 0 Å². The maximum atomic E-state index is 13.3. The monoisotopic (exact) mass is 574 g/mol. The molecule has 1 aliphatic rings. The van der Waals surface area contributed by atoms with Gasteiger partial charge in [0.15, 0.2) is 0 Å². The van der Waals surface area contributed by atoms with Gasteiger partial charge >= 0.3 is 11.9 Å². The average molecular weight is 575 g/mol. The van der Waals surface area contributed by atoms with E-state index in [2.05, 4.69) is 0 Å². The van der Waals surface area contributed by atoms with Crippen LogP contribution in [0.1, 0.15) is 31.7 Å². The van der Waals surface area contributed by atoms with Crippen LogP contribution in [0.15, 0.2) is 51.9 Å². The summed E-state index contributed by atoms with van der Waals surface area (Å²) >= 11 is 0. The molecule has 1 aliphatic heterocycles. The van der Waals surface area contributed by atoms with E-state index in [0.717, 1.165) is 0 Å². The van der Waals surface area contributed by atoms with Crippen LogP contribution in [0.2, 0.25) is 0 Å². The molecule has 2 aromatic carbocycles. The molecule has 41 heavy (non-hydrogen) atoms. The summed E-state index contributed by atoms with van der Waals surface area (Å²) in [5, 5.41) is 60.6. The number of hydrogen-bond donors (Lipinski definition) is 6.